The second-order valence-corrected chi connectivity index (χ2v) is 16.4. The molecule has 8 nitrogen and oxygen atoms in total. The molecule has 0 aromatic heterocycles. The van der Waals surface area contributed by atoms with Crippen molar-refractivity contribution < 1.29 is 49.5 Å². The molecule has 55 heavy (non-hydrogen) atoms. The van der Waals surface area contributed by atoms with Crippen LogP contribution in [0.4, 0.5) is 37.7 Å². The summed E-state index contributed by atoms with van der Waals surface area (Å²) in [5, 5.41) is 9.44. The van der Waals surface area contributed by atoms with Crippen LogP contribution in [0.2, 0.25) is 5.02 Å². The zero-order valence-corrected chi connectivity index (χ0v) is 30.7. The van der Waals surface area contributed by atoms with Gasteiger partial charge in [0.05, 0.1) is 18.7 Å². The molecule has 0 bridgehead atoms. The van der Waals surface area contributed by atoms with Gasteiger partial charge in [0.15, 0.2) is 28.2 Å². The summed E-state index contributed by atoms with van der Waals surface area (Å²) in [5.41, 5.74) is 3.22. The quantitative estimate of drug-likeness (QED) is 0.0826. The van der Waals surface area contributed by atoms with Crippen molar-refractivity contribution in [3.63, 3.8) is 0 Å². The van der Waals surface area contributed by atoms with Gasteiger partial charge in [0.1, 0.15) is 5.82 Å². The first kappa shape index (κ1) is 38.7. The van der Waals surface area contributed by atoms with E-state index in [1.165, 1.54) is 23.1 Å². The number of hydrogen-bond donors (Lipinski definition) is 1. The zero-order chi connectivity index (χ0) is 39.3. The lowest BCUT2D eigenvalue weighted by molar-refractivity contribution is -0.119. The second kappa shape index (κ2) is 15.1. The van der Waals surface area contributed by atoms with Crippen LogP contribution in [-0.4, -0.2) is 49.3 Å². The molecule has 1 heterocycles. The summed E-state index contributed by atoms with van der Waals surface area (Å²) in [5.74, 6) is -15.7. The van der Waals surface area contributed by atoms with Crippen molar-refractivity contribution in [1.82, 2.24) is 4.31 Å². The van der Waals surface area contributed by atoms with E-state index in [0.717, 1.165) is 68.2 Å². The predicted octanol–water partition coefficient (Wildman–Crippen LogP) is 8.65. The van der Waals surface area contributed by atoms with Crippen LogP contribution in [-0.2, 0) is 27.9 Å². The van der Waals surface area contributed by atoms with Gasteiger partial charge in [-0.05, 0) is 115 Å². The summed E-state index contributed by atoms with van der Waals surface area (Å²) in [6.45, 7) is -0.643. The third-order valence-electron chi connectivity index (χ3n) is 10.2. The SMILES string of the molecule is O=C(O)c1ccc(N(Cc2cc(C3CC3)cc(N3CCCC3)c2)C(=O)CN(Cc2ccc(F)cc2Cl)S(=O)(=O)c2c(F)c(F)c(F)c(F)c2F)c(C2CC2)c1. The van der Waals surface area contributed by atoms with Crippen LogP contribution in [0, 0.1) is 34.9 Å². The number of halogens is 7. The molecule has 1 amide bonds. The highest BCUT2D eigenvalue weighted by molar-refractivity contribution is 7.89. The van der Waals surface area contributed by atoms with Crippen molar-refractivity contribution >= 4 is 44.9 Å². The Kier molecular flexibility index (Phi) is 10.7. The number of hydrogen-bond acceptors (Lipinski definition) is 5. The van der Waals surface area contributed by atoms with Crippen LogP contribution in [0.3, 0.4) is 0 Å². The minimum absolute atomic E-state index is 0.0495. The van der Waals surface area contributed by atoms with Gasteiger partial charge in [-0.3, -0.25) is 4.79 Å². The topological polar surface area (TPSA) is 98.2 Å². The Morgan fingerprint density at radius 2 is 1.42 bits per heavy atom. The Labute approximate surface area is 318 Å². The molecule has 4 aromatic carbocycles. The smallest absolute Gasteiger partial charge is 0.335 e. The molecule has 3 aliphatic rings. The Bertz CT molecular complexity index is 2290. The molecule has 16 heteroatoms. The van der Waals surface area contributed by atoms with Crippen molar-refractivity contribution in [3.05, 3.63) is 122 Å². The Morgan fingerprint density at radius 3 is 2.02 bits per heavy atom. The molecule has 7 rings (SSSR count). The summed E-state index contributed by atoms with van der Waals surface area (Å²) in [7, 11) is -5.74. The minimum atomic E-state index is -5.74. The third kappa shape index (κ3) is 7.92. The molecule has 2 saturated carbocycles. The first-order chi connectivity index (χ1) is 26.1. The molecule has 0 spiro atoms. The van der Waals surface area contributed by atoms with E-state index in [1.807, 2.05) is 12.1 Å². The monoisotopic (exact) mass is 805 g/mol. The van der Waals surface area contributed by atoms with Crippen molar-refractivity contribution in [2.75, 3.05) is 29.4 Å². The molecule has 290 valence electrons. The van der Waals surface area contributed by atoms with Gasteiger partial charge >= 0.3 is 5.97 Å². The van der Waals surface area contributed by atoms with E-state index >= 15 is 8.78 Å². The molecule has 2 aliphatic carbocycles. The number of amides is 1. The Balaban J connectivity index is 1.35. The maximum Gasteiger partial charge on any atom is 0.335 e. The van der Waals surface area contributed by atoms with Crippen LogP contribution in [0.5, 0.6) is 0 Å². The lowest BCUT2D eigenvalue weighted by Gasteiger charge is -2.30. The molecule has 4 aromatic rings. The maximum absolute atomic E-state index is 15.2. The van der Waals surface area contributed by atoms with E-state index < -0.39 is 74.8 Å². The zero-order valence-electron chi connectivity index (χ0n) is 29.1. The number of benzene rings is 4. The summed E-state index contributed by atoms with van der Waals surface area (Å²) in [6, 6.07) is 12.9. The summed E-state index contributed by atoms with van der Waals surface area (Å²) >= 11 is 6.20. The van der Waals surface area contributed by atoms with Crippen molar-refractivity contribution in [2.24, 2.45) is 0 Å². The van der Waals surface area contributed by atoms with Gasteiger partial charge in [-0.25, -0.2) is 39.6 Å². The van der Waals surface area contributed by atoms with Gasteiger partial charge in [-0.15, -0.1) is 0 Å². The van der Waals surface area contributed by atoms with Crippen molar-refractivity contribution in [2.45, 2.75) is 68.3 Å². The predicted molar refractivity (Wildman–Crippen MR) is 192 cm³/mol. The Morgan fingerprint density at radius 1 is 0.782 bits per heavy atom. The lowest BCUT2D eigenvalue weighted by atomic mass is 10.0. The third-order valence-corrected chi connectivity index (χ3v) is 12.3. The molecule has 0 radical (unpaired) electrons. The highest BCUT2D eigenvalue weighted by Gasteiger charge is 2.40. The van der Waals surface area contributed by atoms with E-state index in [9.17, 15) is 40.7 Å². The molecule has 0 unspecified atom stereocenters. The molecule has 1 N–H and O–H groups in total. The van der Waals surface area contributed by atoms with Crippen molar-refractivity contribution in [1.29, 1.82) is 0 Å². The van der Waals surface area contributed by atoms with E-state index in [2.05, 4.69) is 11.0 Å². The fourth-order valence-corrected chi connectivity index (χ4v) is 8.70. The fraction of sp³-hybridized carbons (Fsp3) is 0.333. The number of carbonyl (C=O) groups excluding carboxylic acids is 1. The number of rotatable bonds is 13. The van der Waals surface area contributed by atoms with Gasteiger partial charge in [0.25, 0.3) is 0 Å². The van der Waals surface area contributed by atoms with E-state index in [4.69, 9.17) is 11.6 Å². The summed E-state index contributed by atoms with van der Waals surface area (Å²) in [4.78, 5) is 28.0. The second-order valence-electron chi connectivity index (χ2n) is 14.1. The standard InChI is InChI=1S/C39H34ClF6N3O5S/c40-30-17-27(41)9-7-25(30)19-48(55(53,54)38-36(45)34(43)33(42)35(44)37(38)46)20-32(50)49(31-10-8-24(39(51)52)16-29(31)23-5-6-23)18-21-13-26(22-3-4-22)15-28(14-21)47-11-1-2-12-47/h7-10,13-17,22-23H,1-6,11-12,18-20H2,(H,51,52). The van der Waals surface area contributed by atoms with Crippen LogP contribution in [0.1, 0.15) is 83.0 Å². The number of carboxylic acids is 1. The molecule has 1 saturated heterocycles. The average Bonchev–Trinajstić information content (AvgIpc) is 4.10. The average molecular weight is 806 g/mol. The normalized spacial score (nSPS) is 15.9. The molecular weight excluding hydrogens is 772 g/mol. The van der Waals surface area contributed by atoms with Crippen LogP contribution < -0.4 is 9.80 Å². The number of nitrogens with zero attached hydrogens (tertiary/aromatic N) is 3. The van der Waals surface area contributed by atoms with E-state index in [1.54, 1.807) is 0 Å². The first-order valence-corrected chi connectivity index (χ1v) is 19.5. The van der Waals surface area contributed by atoms with Gasteiger partial charge in [0.2, 0.25) is 21.7 Å². The van der Waals surface area contributed by atoms with Gasteiger partial charge in [-0.2, -0.15) is 4.31 Å². The van der Waals surface area contributed by atoms with Gasteiger partial charge < -0.3 is 14.9 Å². The Hall–Kier alpha value is -4.60. The highest BCUT2D eigenvalue weighted by Crippen LogP contribution is 2.46. The summed E-state index contributed by atoms with van der Waals surface area (Å²) in [6.07, 6.45) is 5.31. The largest absolute Gasteiger partial charge is 0.478 e. The lowest BCUT2D eigenvalue weighted by Crippen LogP contribution is -2.43. The molecular formula is C39H34ClF6N3O5S. The molecule has 0 atom stereocenters. The number of carbonyl (C=O) groups is 2. The highest BCUT2D eigenvalue weighted by atomic mass is 35.5. The number of anilines is 2. The summed E-state index contributed by atoms with van der Waals surface area (Å²) < 4.78 is 116. The maximum atomic E-state index is 15.2. The van der Waals surface area contributed by atoms with Gasteiger partial charge in [0, 0.05) is 36.0 Å². The number of sulfonamides is 1. The van der Waals surface area contributed by atoms with Crippen molar-refractivity contribution in [3.8, 4) is 0 Å². The fourth-order valence-electron chi connectivity index (χ4n) is 6.99. The van der Waals surface area contributed by atoms with E-state index in [0.29, 0.717) is 29.9 Å². The molecule has 3 fully saturated rings. The van der Waals surface area contributed by atoms with E-state index in [-0.39, 0.29) is 38.6 Å². The minimum Gasteiger partial charge on any atom is -0.478 e. The van der Waals surface area contributed by atoms with Crippen LogP contribution in [0.25, 0.3) is 0 Å². The van der Waals surface area contributed by atoms with Gasteiger partial charge in [-0.1, -0.05) is 23.7 Å². The molecule has 1 aliphatic heterocycles. The first-order valence-electron chi connectivity index (χ1n) is 17.7. The van der Waals surface area contributed by atoms with Crippen LogP contribution >= 0.6 is 11.6 Å². The number of carboxylic acid groups (broad SMARTS) is 1. The van der Waals surface area contributed by atoms with Crippen LogP contribution in [0.15, 0.2) is 59.5 Å². The number of aromatic carboxylic acids is 1.